The zero-order chi connectivity index (χ0) is 13.3. The van der Waals surface area contributed by atoms with Gasteiger partial charge >= 0.3 is 0 Å². The SMILES string of the molecule is CC1OCCC1Nc1cc(S(C)(=O)=O)ccc1Cl. The molecule has 1 N–H and O–H groups in total. The highest BCUT2D eigenvalue weighted by Gasteiger charge is 2.24. The third-order valence-electron chi connectivity index (χ3n) is 3.08. The molecule has 1 aliphatic heterocycles. The molecular weight excluding hydrogens is 274 g/mol. The number of hydrogen-bond acceptors (Lipinski definition) is 4. The number of benzene rings is 1. The van der Waals surface area contributed by atoms with Gasteiger partial charge in [-0.1, -0.05) is 11.6 Å². The van der Waals surface area contributed by atoms with Crippen LogP contribution in [0.3, 0.4) is 0 Å². The number of halogens is 1. The van der Waals surface area contributed by atoms with Crippen molar-refractivity contribution in [2.45, 2.75) is 30.4 Å². The van der Waals surface area contributed by atoms with Gasteiger partial charge in [-0.3, -0.25) is 0 Å². The summed E-state index contributed by atoms with van der Waals surface area (Å²) in [5.74, 6) is 0. The Bertz CT molecular complexity index is 544. The highest BCUT2D eigenvalue weighted by molar-refractivity contribution is 7.90. The zero-order valence-electron chi connectivity index (χ0n) is 10.3. The van der Waals surface area contributed by atoms with Crippen molar-refractivity contribution < 1.29 is 13.2 Å². The van der Waals surface area contributed by atoms with Gasteiger partial charge < -0.3 is 10.1 Å². The third-order valence-corrected chi connectivity index (χ3v) is 4.52. The van der Waals surface area contributed by atoms with E-state index in [4.69, 9.17) is 16.3 Å². The van der Waals surface area contributed by atoms with Crippen LogP contribution in [0.5, 0.6) is 0 Å². The maximum absolute atomic E-state index is 11.5. The van der Waals surface area contributed by atoms with Crippen LogP contribution in [0.2, 0.25) is 5.02 Å². The highest BCUT2D eigenvalue weighted by Crippen LogP contribution is 2.28. The molecule has 0 aromatic heterocycles. The quantitative estimate of drug-likeness (QED) is 0.928. The summed E-state index contributed by atoms with van der Waals surface area (Å²) in [5, 5.41) is 3.77. The van der Waals surface area contributed by atoms with Crippen molar-refractivity contribution in [1.82, 2.24) is 0 Å². The minimum Gasteiger partial charge on any atom is -0.378 e. The molecule has 1 heterocycles. The normalized spacial score (nSPS) is 24.2. The molecule has 4 nitrogen and oxygen atoms in total. The first-order chi connectivity index (χ1) is 8.38. The van der Waals surface area contributed by atoms with Crippen LogP contribution in [0.4, 0.5) is 5.69 Å². The molecular formula is C12H16ClNO3S. The second-order valence-electron chi connectivity index (χ2n) is 4.53. The maximum Gasteiger partial charge on any atom is 0.175 e. The van der Waals surface area contributed by atoms with Gasteiger partial charge in [-0.25, -0.2) is 8.42 Å². The molecule has 6 heteroatoms. The van der Waals surface area contributed by atoms with Gasteiger partial charge in [0.25, 0.3) is 0 Å². The summed E-state index contributed by atoms with van der Waals surface area (Å²) < 4.78 is 28.5. The van der Waals surface area contributed by atoms with Gasteiger partial charge in [-0.05, 0) is 31.5 Å². The van der Waals surface area contributed by atoms with E-state index in [0.717, 1.165) is 6.42 Å². The van der Waals surface area contributed by atoms with Crippen LogP contribution < -0.4 is 5.32 Å². The minimum absolute atomic E-state index is 0.1000. The average Bonchev–Trinajstić information content (AvgIpc) is 2.66. The van der Waals surface area contributed by atoms with Crippen LogP contribution in [0.1, 0.15) is 13.3 Å². The number of nitrogens with one attached hydrogen (secondary N) is 1. The molecule has 1 fully saturated rings. The van der Waals surface area contributed by atoms with Gasteiger partial charge in [-0.15, -0.1) is 0 Å². The van der Waals surface area contributed by atoms with Crippen molar-refractivity contribution in [2.75, 3.05) is 18.2 Å². The Labute approximate surface area is 112 Å². The van der Waals surface area contributed by atoms with E-state index in [-0.39, 0.29) is 17.0 Å². The predicted octanol–water partition coefficient (Wildman–Crippen LogP) is 2.33. The smallest absolute Gasteiger partial charge is 0.175 e. The lowest BCUT2D eigenvalue weighted by molar-refractivity contribution is 0.121. The lowest BCUT2D eigenvalue weighted by Crippen LogP contribution is -2.26. The van der Waals surface area contributed by atoms with E-state index in [1.807, 2.05) is 6.92 Å². The van der Waals surface area contributed by atoms with Crippen LogP contribution in [0.25, 0.3) is 0 Å². The molecule has 2 rings (SSSR count). The molecule has 0 bridgehead atoms. The Balaban J connectivity index is 2.27. The van der Waals surface area contributed by atoms with E-state index in [0.29, 0.717) is 17.3 Å². The fraction of sp³-hybridized carbons (Fsp3) is 0.500. The number of rotatable bonds is 3. The van der Waals surface area contributed by atoms with Crippen LogP contribution in [0.15, 0.2) is 23.1 Å². The van der Waals surface area contributed by atoms with Crippen LogP contribution in [-0.4, -0.2) is 33.4 Å². The van der Waals surface area contributed by atoms with E-state index in [2.05, 4.69) is 5.32 Å². The second-order valence-corrected chi connectivity index (χ2v) is 6.95. The summed E-state index contributed by atoms with van der Waals surface area (Å²) in [5.41, 5.74) is 0.641. The van der Waals surface area contributed by atoms with Crippen molar-refractivity contribution >= 4 is 27.1 Å². The largest absolute Gasteiger partial charge is 0.378 e. The van der Waals surface area contributed by atoms with E-state index in [9.17, 15) is 8.42 Å². The molecule has 2 unspecified atom stereocenters. The van der Waals surface area contributed by atoms with Crippen molar-refractivity contribution in [3.05, 3.63) is 23.2 Å². The number of anilines is 1. The molecule has 0 aliphatic carbocycles. The third kappa shape index (κ3) is 2.96. The molecule has 1 aliphatic rings. The van der Waals surface area contributed by atoms with Crippen molar-refractivity contribution in [3.63, 3.8) is 0 Å². The standard InChI is InChI=1S/C12H16ClNO3S/c1-8-11(5-6-17-8)14-12-7-9(18(2,15)16)3-4-10(12)13/h3-4,7-8,11,14H,5-6H2,1-2H3. The molecule has 1 saturated heterocycles. The van der Waals surface area contributed by atoms with Gasteiger partial charge in [-0.2, -0.15) is 0 Å². The Morgan fingerprint density at radius 2 is 2.17 bits per heavy atom. The number of sulfone groups is 1. The fourth-order valence-corrected chi connectivity index (χ4v) is 2.79. The summed E-state index contributed by atoms with van der Waals surface area (Å²) >= 11 is 6.07. The van der Waals surface area contributed by atoms with Gasteiger partial charge in [0, 0.05) is 12.9 Å². The number of ether oxygens (including phenoxy) is 1. The van der Waals surface area contributed by atoms with Crippen LogP contribution >= 0.6 is 11.6 Å². The monoisotopic (exact) mass is 289 g/mol. The van der Waals surface area contributed by atoms with E-state index in [1.54, 1.807) is 12.1 Å². The highest BCUT2D eigenvalue weighted by atomic mass is 35.5. The molecule has 100 valence electrons. The second kappa shape index (κ2) is 5.07. The number of hydrogen-bond donors (Lipinski definition) is 1. The average molecular weight is 290 g/mol. The van der Waals surface area contributed by atoms with Gasteiger partial charge in [0.1, 0.15) is 0 Å². The first kappa shape index (κ1) is 13.6. The Morgan fingerprint density at radius 3 is 2.72 bits per heavy atom. The van der Waals surface area contributed by atoms with E-state index < -0.39 is 9.84 Å². The lowest BCUT2D eigenvalue weighted by Gasteiger charge is -2.18. The predicted molar refractivity (Wildman–Crippen MR) is 72.0 cm³/mol. The van der Waals surface area contributed by atoms with E-state index >= 15 is 0 Å². The fourth-order valence-electron chi connectivity index (χ4n) is 1.97. The summed E-state index contributed by atoms with van der Waals surface area (Å²) in [6.07, 6.45) is 2.17. The summed E-state index contributed by atoms with van der Waals surface area (Å²) in [7, 11) is -3.22. The van der Waals surface area contributed by atoms with Crippen molar-refractivity contribution in [3.8, 4) is 0 Å². The summed E-state index contributed by atoms with van der Waals surface area (Å²) in [6.45, 7) is 2.70. The van der Waals surface area contributed by atoms with Crippen molar-refractivity contribution in [2.24, 2.45) is 0 Å². The topological polar surface area (TPSA) is 55.4 Å². The molecule has 2 atom stereocenters. The van der Waals surface area contributed by atoms with Gasteiger partial charge in [0.15, 0.2) is 9.84 Å². The van der Waals surface area contributed by atoms with Gasteiger partial charge in [0.2, 0.25) is 0 Å². The molecule has 0 radical (unpaired) electrons. The molecule has 0 saturated carbocycles. The van der Waals surface area contributed by atoms with Crippen molar-refractivity contribution in [1.29, 1.82) is 0 Å². The molecule has 0 spiro atoms. The summed E-state index contributed by atoms with van der Waals surface area (Å²) in [6, 6.07) is 4.85. The Hall–Kier alpha value is -0.780. The van der Waals surface area contributed by atoms with Gasteiger partial charge in [0.05, 0.1) is 27.8 Å². The Kier molecular flexibility index (Phi) is 3.84. The first-order valence-electron chi connectivity index (χ1n) is 5.75. The molecule has 1 aromatic carbocycles. The minimum atomic E-state index is -3.22. The first-order valence-corrected chi connectivity index (χ1v) is 8.02. The van der Waals surface area contributed by atoms with E-state index in [1.165, 1.54) is 12.3 Å². The molecule has 1 aromatic rings. The lowest BCUT2D eigenvalue weighted by atomic mass is 10.1. The molecule has 0 amide bonds. The van der Waals surface area contributed by atoms with Crippen LogP contribution in [0, 0.1) is 0 Å². The Morgan fingerprint density at radius 1 is 1.44 bits per heavy atom. The maximum atomic E-state index is 11.5. The zero-order valence-corrected chi connectivity index (χ0v) is 11.9. The molecule has 18 heavy (non-hydrogen) atoms. The summed E-state index contributed by atoms with van der Waals surface area (Å²) in [4.78, 5) is 0.265. The van der Waals surface area contributed by atoms with Crippen LogP contribution in [-0.2, 0) is 14.6 Å².